The fourth-order valence-electron chi connectivity index (χ4n) is 4.59. The van der Waals surface area contributed by atoms with E-state index in [0.29, 0.717) is 5.56 Å². The lowest BCUT2D eigenvalue weighted by molar-refractivity contribution is 0.0991. The van der Waals surface area contributed by atoms with Crippen LogP contribution in [0, 0.1) is 6.92 Å². The van der Waals surface area contributed by atoms with E-state index in [4.69, 9.17) is 5.73 Å². The van der Waals surface area contributed by atoms with E-state index < -0.39 is 21.1 Å². The first-order valence-corrected chi connectivity index (χ1v) is 15.9. The van der Waals surface area contributed by atoms with Crippen LogP contribution < -0.4 is 16.1 Å². The molecular weight excluding hydrogens is 338 g/mol. The van der Waals surface area contributed by atoms with Crippen molar-refractivity contribution >= 4 is 37.5 Å². The standard InChI is InChI=1S/C21H24NOSi2/c1-13-17(21(22)23)12-18-20(25(4,5)24(18,2)3)19(13)16-11-7-9-14-8-6-10-15(14)16/h6-7,9-12,22H,8H2,1-5H3. The molecule has 4 heteroatoms. The summed E-state index contributed by atoms with van der Waals surface area (Å²) in [4.78, 5) is 12.0. The number of fused-ring (bicyclic) bond motifs is 2. The van der Waals surface area contributed by atoms with Crippen molar-refractivity contribution < 1.29 is 4.79 Å². The highest BCUT2D eigenvalue weighted by molar-refractivity contribution is 7.57. The van der Waals surface area contributed by atoms with E-state index in [0.717, 1.165) is 12.0 Å². The topological polar surface area (TPSA) is 40.9 Å². The van der Waals surface area contributed by atoms with Gasteiger partial charge in [-0.3, -0.25) is 10.5 Å². The molecule has 0 bridgehead atoms. The normalized spacial score (nSPS) is 18.4. The van der Waals surface area contributed by atoms with Crippen LogP contribution in [-0.2, 0) is 6.42 Å². The molecule has 25 heavy (non-hydrogen) atoms. The number of rotatable bonds is 2. The molecule has 0 fully saturated rings. The van der Waals surface area contributed by atoms with Crippen LogP contribution in [0.25, 0.3) is 17.2 Å². The molecule has 2 nitrogen and oxygen atoms in total. The first kappa shape index (κ1) is 16.5. The van der Waals surface area contributed by atoms with Gasteiger partial charge in [-0.1, -0.05) is 73.0 Å². The van der Waals surface area contributed by atoms with Crippen molar-refractivity contribution in [1.82, 2.24) is 5.73 Å². The van der Waals surface area contributed by atoms with Crippen LogP contribution in [0.5, 0.6) is 0 Å². The molecule has 4 rings (SSSR count). The van der Waals surface area contributed by atoms with Crippen molar-refractivity contribution in [3.63, 3.8) is 0 Å². The molecule has 1 radical (unpaired) electrons. The van der Waals surface area contributed by atoms with E-state index >= 15 is 0 Å². The predicted octanol–water partition coefficient (Wildman–Crippen LogP) is 3.58. The van der Waals surface area contributed by atoms with Crippen molar-refractivity contribution in [3.05, 3.63) is 52.6 Å². The second kappa shape index (κ2) is 5.05. The molecular formula is C21H24NOSi2. The lowest BCUT2D eigenvalue weighted by Gasteiger charge is -2.53. The van der Waals surface area contributed by atoms with E-state index in [1.54, 1.807) is 5.19 Å². The Balaban J connectivity index is 2.12. The van der Waals surface area contributed by atoms with Crippen molar-refractivity contribution in [2.24, 2.45) is 0 Å². The van der Waals surface area contributed by atoms with E-state index in [1.165, 1.54) is 27.4 Å². The van der Waals surface area contributed by atoms with E-state index in [-0.39, 0.29) is 0 Å². The van der Waals surface area contributed by atoms with Crippen molar-refractivity contribution in [2.45, 2.75) is 39.5 Å². The lowest BCUT2D eigenvalue weighted by atomic mass is 9.91. The molecule has 2 aromatic carbocycles. The van der Waals surface area contributed by atoms with Crippen molar-refractivity contribution in [1.29, 1.82) is 0 Å². The summed E-state index contributed by atoms with van der Waals surface area (Å²) in [5.41, 5.74) is 14.5. The summed E-state index contributed by atoms with van der Waals surface area (Å²) >= 11 is 0. The predicted molar refractivity (Wildman–Crippen MR) is 111 cm³/mol. The zero-order valence-electron chi connectivity index (χ0n) is 15.6. The molecule has 1 aliphatic heterocycles. The maximum Gasteiger partial charge on any atom is 0.269 e. The summed E-state index contributed by atoms with van der Waals surface area (Å²) in [5.74, 6) is -0.555. The Kier molecular flexibility index (Phi) is 3.34. The Morgan fingerprint density at radius 2 is 1.84 bits per heavy atom. The molecule has 0 aromatic heterocycles. The number of allylic oxidation sites excluding steroid dienone is 1. The minimum absolute atomic E-state index is 0.555. The third kappa shape index (κ3) is 1.98. The Morgan fingerprint density at radius 1 is 1.12 bits per heavy atom. The molecule has 2 aromatic rings. The minimum Gasteiger partial charge on any atom is -0.267 e. The molecule has 1 aliphatic carbocycles. The number of carbonyl (C=O) groups is 1. The van der Waals surface area contributed by atoms with Crippen LogP contribution in [0.1, 0.15) is 27.0 Å². The molecule has 0 saturated carbocycles. The highest BCUT2D eigenvalue weighted by atomic mass is 29.3. The van der Waals surface area contributed by atoms with Crippen LogP contribution in [0.4, 0.5) is 0 Å². The summed E-state index contributed by atoms with van der Waals surface area (Å²) < 4.78 is 0. The van der Waals surface area contributed by atoms with E-state index in [1.807, 2.05) is 6.92 Å². The molecule has 0 atom stereocenters. The Hall–Kier alpha value is -1.92. The molecule has 1 amide bonds. The maximum atomic E-state index is 12.0. The number of hydrogen-bond donors (Lipinski definition) is 0. The number of benzene rings is 2. The average molecular weight is 363 g/mol. The van der Waals surface area contributed by atoms with E-state index in [9.17, 15) is 4.79 Å². The van der Waals surface area contributed by atoms with Gasteiger partial charge in [0.1, 0.15) is 0 Å². The fraction of sp³-hybridized carbons (Fsp3) is 0.286. The monoisotopic (exact) mass is 362 g/mol. The van der Waals surface area contributed by atoms with Gasteiger partial charge < -0.3 is 0 Å². The summed E-state index contributed by atoms with van der Waals surface area (Å²) in [6, 6.07) is 8.60. The van der Waals surface area contributed by atoms with Gasteiger partial charge in [0.2, 0.25) is 0 Å². The molecule has 0 saturated heterocycles. The van der Waals surface area contributed by atoms with Gasteiger partial charge in [0, 0.05) is 5.56 Å². The number of hydrogen-bond acceptors (Lipinski definition) is 1. The highest BCUT2D eigenvalue weighted by Crippen LogP contribution is 2.38. The van der Waals surface area contributed by atoms with Gasteiger partial charge in [-0.2, -0.15) is 0 Å². The summed E-state index contributed by atoms with van der Waals surface area (Å²) in [6.45, 7) is 11.9. The minimum atomic E-state index is -1.51. The van der Waals surface area contributed by atoms with Crippen LogP contribution in [0.15, 0.2) is 30.3 Å². The van der Waals surface area contributed by atoms with Crippen LogP contribution in [0.2, 0.25) is 26.2 Å². The summed E-state index contributed by atoms with van der Waals surface area (Å²) in [6.07, 6.45) is 5.43. The molecule has 0 unspecified atom stereocenters. The maximum absolute atomic E-state index is 12.0. The van der Waals surface area contributed by atoms with Crippen molar-refractivity contribution in [2.75, 3.05) is 0 Å². The van der Waals surface area contributed by atoms with Crippen LogP contribution in [-0.4, -0.2) is 21.1 Å². The quantitative estimate of drug-likeness (QED) is 0.753. The summed E-state index contributed by atoms with van der Waals surface area (Å²) in [7, 11) is -3.01. The highest BCUT2D eigenvalue weighted by Gasteiger charge is 2.56. The number of carbonyl (C=O) groups excluding carboxylic acids is 1. The van der Waals surface area contributed by atoms with Crippen LogP contribution >= 0.6 is 0 Å². The lowest BCUT2D eigenvalue weighted by Crippen LogP contribution is -2.85. The van der Waals surface area contributed by atoms with Gasteiger partial charge in [0.25, 0.3) is 5.91 Å². The van der Waals surface area contributed by atoms with Gasteiger partial charge in [-0.15, -0.1) is 0 Å². The third-order valence-electron chi connectivity index (χ3n) is 6.78. The number of amides is 1. The third-order valence-corrected chi connectivity index (χ3v) is 24.6. The first-order valence-electron chi connectivity index (χ1n) is 8.91. The zero-order valence-corrected chi connectivity index (χ0v) is 17.6. The van der Waals surface area contributed by atoms with Gasteiger partial charge in [-0.25, -0.2) is 0 Å². The van der Waals surface area contributed by atoms with Gasteiger partial charge in [0.05, 0.1) is 15.2 Å². The Bertz CT molecular complexity index is 970. The Morgan fingerprint density at radius 3 is 2.52 bits per heavy atom. The largest absolute Gasteiger partial charge is 0.269 e. The van der Waals surface area contributed by atoms with E-state index in [2.05, 4.69) is 62.6 Å². The molecule has 2 aliphatic rings. The molecule has 1 N–H and O–H groups in total. The van der Waals surface area contributed by atoms with Crippen molar-refractivity contribution in [3.8, 4) is 11.1 Å². The van der Waals surface area contributed by atoms with Gasteiger partial charge >= 0.3 is 0 Å². The second-order valence-electron chi connectivity index (χ2n) is 8.41. The Labute approximate surface area is 151 Å². The fourth-order valence-corrected chi connectivity index (χ4v) is 15.1. The van der Waals surface area contributed by atoms with Crippen LogP contribution in [0.3, 0.4) is 0 Å². The molecule has 1 heterocycles. The van der Waals surface area contributed by atoms with Gasteiger partial charge in [-0.05, 0) is 41.2 Å². The number of nitrogens with one attached hydrogen (secondary N) is 1. The molecule has 127 valence electrons. The van der Waals surface area contributed by atoms with Gasteiger partial charge in [0.15, 0.2) is 0 Å². The summed E-state index contributed by atoms with van der Waals surface area (Å²) in [5, 5.41) is 2.96. The second-order valence-corrected chi connectivity index (χ2v) is 23.4. The smallest absolute Gasteiger partial charge is 0.267 e. The first-order chi connectivity index (χ1) is 11.7. The zero-order chi connectivity index (χ0) is 18.1. The molecule has 0 spiro atoms. The SMILES string of the molecule is Cc1c(C([NH])=O)cc2c(c1-c1cccc3c1C=CC3)[Si](C)(C)[Si]2(C)C. The average Bonchev–Trinajstić information content (AvgIpc) is 3.02.